The molecular weight excluding hydrogens is 277 g/mol. The van der Waals surface area contributed by atoms with Crippen molar-refractivity contribution in [2.75, 3.05) is 20.1 Å². The van der Waals surface area contributed by atoms with E-state index in [9.17, 15) is 13.2 Å². The average Bonchev–Trinajstić information content (AvgIpc) is 3.25. The molecule has 1 saturated heterocycles. The molecule has 1 aromatic carbocycles. The van der Waals surface area contributed by atoms with E-state index in [4.69, 9.17) is 0 Å². The number of benzene rings is 1. The van der Waals surface area contributed by atoms with Crippen LogP contribution in [0.2, 0.25) is 0 Å². The van der Waals surface area contributed by atoms with Crippen molar-refractivity contribution in [2.24, 2.45) is 5.92 Å². The number of alkyl halides is 3. The smallest absolute Gasteiger partial charge is 0.310 e. The molecule has 116 valence electrons. The van der Waals surface area contributed by atoms with E-state index in [-0.39, 0.29) is 11.6 Å². The third kappa shape index (κ3) is 2.57. The minimum absolute atomic E-state index is 0.222. The minimum atomic E-state index is -4.29. The van der Waals surface area contributed by atoms with Gasteiger partial charge in [-0.15, -0.1) is 0 Å². The molecule has 21 heavy (non-hydrogen) atoms. The van der Waals surface area contributed by atoms with E-state index in [1.807, 2.05) is 13.1 Å². The van der Waals surface area contributed by atoms with Crippen molar-refractivity contribution >= 4 is 0 Å². The molecule has 0 amide bonds. The highest BCUT2D eigenvalue weighted by molar-refractivity contribution is 5.33. The fourth-order valence-electron chi connectivity index (χ4n) is 3.52. The van der Waals surface area contributed by atoms with Crippen LogP contribution in [0.25, 0.3) is 0 Å². The molecule has 2 atom stereocenters. The van der Waals surface area contributed by atoms with Crippen LogP contribution in [0, 0.1) is 5.92 Å². The molecule has 0 aromatic heterocycles. The lowest BCUT2D eigenvalue weighted by atomic mass is 9.78. The van der Waals surface area contributed by atoms with E-state index in [1.165, 1.54) is 25.0 Å². The number of hydrogen-bond acceptors (Lipinski definition) is 2. The molecule has 2 fully saturated rings. The summed E-state index contributed by atoms with van der Waals surface area (Å²) in [5, 5.41) is 3.54. The molecule has 1 aliphatic heterocycles. The van der Waals surface area contributed by atoms with E-state index in [1.54, 1.807) is 0 Å². The Morgan fingerprint density at radius 1 is 1.29 bits per heavy atom. The summed E-state index contributed by atoms with van der Waals surface area (Å²) in [5.41, 5.74) is -0.195. The Labute approximate surface area is 123 Å². The topological polar surface area (TPSA) is 15.3 Å². The van der Waals surface area contributed by atoms with Crippen LogP contribution in [0.5, 0.6) is 0 Å². The second-order valence-electron chi connectivity index (χ2n) is 6.42. The van der Waals surface area contributed by atoms with Gasteiger partial charge < -0.3 is 5.32 Å². The SMILES string of the molecule is CN1CCNC(C2CC2)C1(C)c1cccc(C(F)(F)F)c1. The molecule has 0 radical (unpaired) electrons. The van der Waals surface area contributed by atoms with Crippen molar-refractivity contribution in [3.8, 4) is 0 Å². The zero-order valence-electron chi connectivity index (χ0n) is 12.4. The van der Waals surface area contributed by atoms with Crippen LogP contribution in [-0.2, 0) is 11.7 Å². The predicted molar refractivity (Wildman–Crippen MR) is 75.9 cm³/mol. The van der Waals surface area contributed by atoms with Crippen molar-refractivity contribution in [3.63, 3.8) is 0 Å². The summed E-state index contributed by atoms with van der Waals surface area (Å²) >= 11 is 0. The molecule has 2 aliphatic rings. The van der Waals surface area contributed by atoms with Crippen LogP contribution >= 0.6 is 0 Å². The van der Waals surface area contributed by atoms with Crippen molar-refractivity contribution in [1.82, 2.24) is 10.2 Å². The predicted octanol–water partition coefficient (Wildman–Crippen LogP) is 3.23. The number of rotatable bonds is 2. The number of hydrogen-bond donors (Lipinski definition) is 1. The first-order valence-corrected chi connectivity index (χ1v) is 7.46. The maximum absolute atomic E-state index is 13.0. The summed E-state index contributed by atoms with van der Waals surface area (Å²) in [5.74, 6) is 0.576. The van der Waals surface area contributed by atoms with Gasteiger partial charge in [-0.25, -0.2) is 0 Å². The Kier molecular flexibility index (Phi) is 3.53. The fraction of sp³-hybridized carbons (Fsp3) is 0.625. The van der Waals surface area contributed by atoms with Gasteiger partial charge in [0.05, 0.1) is 11.1 Å². The number of piperazine rings is 1. The summed E-state index contributed by atoms with van der Waals surface area (Å²) in [7, 11) is 2.01. The Morgan fingerprint density at radius 2 is 2.00 bits per heavy atom. The second kappa shape index (κ2) is 4.99. The average molecular weight is 298 g/mol. The molecule has 3 rings (SSSR count). The van der Waals surface area contributed by atoms with E-state index in [0.717, 1.165) is 24.7 Å². The molecule has 5 heteroatoms. The minimum Gasteiger partial charge on any atom is -0.310 e. The Bertz CT molecular complexity index is 524. The first-order chi connectivity index (χ1) is 9.83. The van der Waals surface area contributed by atoms with Gasteiger partial charge in [-0.3, -0.25) is 4.90 Å². The van der Waals surface area contributed by atoms with Crippen LogP contribution in [0.3, 0.4) is 0 Å². The van der Waals surface area contributed by atoms with Crippen LogP contribution in [0.4, 0.5) is 13.2 Å². The second-order valence-corrected chi connectivity index (χ2v) is 6.42. The Morgan fingerprint density at radius 3 is 2.62 bits per heavy atom. The van der Waals surface area contributed by atoms with Gasteiger partial charge in [-0.2, -0.15) is 13.2 Å². The largest absolute Gasteiger partial charge is 0.416 e. The van der Waals surface area contributed by atoms with Crippen molar-refractivity contribution in [1.29, 1.82) is 0 Å². The van der Waals surface area contributed by atoms with Gasteiger partial charge in [-0.1, -0.05) is 12.1 Å². The molecule has 0 spiro atoms. The zero-order valence-corrected chi connectivity index (χ0v) is 12.4. The highest BCUT2D eigenvalue weighted by Gasteiger charge is 2.49. The highest BCUT2D eigenvalue weighted by atomic mass is 19.4. The van der Waals surface area contributed by atoms with Gasteiger partial charge in [0.2, 0.25) is 0 Å². The van der Waals surface area contributed by atoms with Crippen LogP contribution in [0.15, 0.2) is 24.3 Å². The van der Waals surface area contributed by atoms with Crippen LogP contribution < -0.4 is 5.32 Å². The molecule has 1 aliphatic carbocycles. The van der Waals surface area contributed by atoms with E-state index in [2.05, 4.69) is 17.1 Å². The summed E-state index contributed by atoms with van der Waals surface area (Å²) in [6.45, 7) is 3.81. The van der Waals surface area contributed by atoms with Crippen LogP contribution in [0.1, 0.15) is 30.9 Å². The number of nitrogens with one attached hydrogen (secondary N) is 1. The van der Waals surface area contributed by atoms with Crippen molar-refractivity contribution in [3.05, 3.63) is 35.4 Å². The van der Waals surface area contributed by atoms with Gasteiger partial charge in [0.15, 0.2) is 0 Å². The number of likely N-dealkylation sites (N-methyl/N-ethyl adjacent to an activating group) is 1. The Balaban J connectivity index is 2.02. The third-order valence-corrected chi connectivity index (χ3v) is 5.08. The van der Waals surface area contributed by atoms with Gasteiger partial charge in [0, 0.05) is 19.1 Å². The summed E-state index contributed by atoms with van der Waals surface area (Å²) < 4.78 is 39.0. The zero-order chi connectivity index (χ0) is 15.3. The lowest BCUT2D eigenvalue weighted by Crippen LogP contribution is -2.63. The van der Waals surface area contributed by atoms with Crippen molar-refractivity contribution < 1.29 is 13.2 Å². The molecular formula is C16H21F3N2. The maximum Gasteiger partial charge on any atom is 0.416 e. The molecule has 1 aromatic rings. The lowest BCUT2D eigenvalue weighted by Gasteiger charge is -2.50. The number of halogens is 3. The first kappa shape index (κ1) is 14.9. The molecule has 1 heterocycles. The van der Waals surface area contributed by atoms with E-state index < -0.39 is 11.7 Å². The first-order valence-electron chi connectivity index (χ1n) is 7.46. The van der Waals surface area contributed by atoms with Crippen molar-refractivity contribution in [2.45, 2.75) is 37.5 Å². The third-order valence-electron chi connectivity index (χ3n) is 5.08. The molecule has 1 saturated carbocycles. The van der Waals surface area contributed by atoms with Gasteiger partial charge in [0.1, 0.15) is 0 Å². The molecule has 0 bridgehead atoms. The standard InChI is InChI=1S/C16H21F3N2/c1-15(12-4-3-5-13(10-12)16(17,18)19)14(11-6-7-11)20-8-9-21(15)2/h3-5,10-11,14,20H,6-9H2,1-2H3. The van der Waals surface area contributed by atoms with Gasteiger partial charge >= 0.3 is 6.18 Å². The molecule has 1 N–H and O–H groups in total. The van der Waals surface area contributed by atoms with E-state index >= 15 is 0 Å². The molecule has 2 nitrogen and oxygen atoms in total. The summed E-state index contributed by atoms with van der Waals surface area (Å²) in [6, 6.07) is 6.04. The lowest BCUT2D eigenvalue weighted by molar-refractivity contribution is -0.137. The molecule has 2 unspecified atom stereocenters. The normalized spacial score (nSPS) is 31.4. The van der Waals surface area contributed by atoms with Gasteiger partial charge in [-0.05, 0) is 50.4 Å². The highest BCUT2D eigenvalue weighted by Crippen LogP contribution is 2.45. The fourth-order valence-corrected chi connectivity index (χ4v) is 3.52. The monoisotopic (exact) mass is 298 g/mol. The summed E-state index contributed by atoms with van der Waals surface area (Å²) in [4.78, 5) is 2.20. The van der Waals surface area contributed by atoms with Crippen LogP contribution in [-0.4, -0.2) is 31.1 Å². The van der Waals surface area contributed by atoms with Gasteiger partial charge in [0.25, 0.3) is 0 Å². The quantitative estimate of drug-likeness (QED) is 0.902. The maximum atomic E-state index is 13.0. The Hall–Kier alpha value is -1.07. The number of nitrogens with zero attached hydrogens (tertiary/aromatic N) is 1. The van der Waals surface area contributed by atoms with E-state index in [0.29, 0.717) is 5.92 Å². The summed E-state index contributed by atoms with van der Waals surface area (Å²) in [6.07, 6.45) is -1.96.